The predicted octanol–water partition coefficient (Wildman–Crippen LogP) is 4.27. The number of nitrogens with one attached hydrogen (secondary N) is 1. The number of benzene rings is 2. The van der Waals surface area contributed by atoms with Gasteiger partial charge < -0.3 is 14.6 Å². The van der Waals surface area contributed by atoms with Gasteiger partial charge in [0.15, 0.2) is 0 Å². The van der Waals surface area contributed by atoms with Crippen molar-refractivity contribution in [1.82, 2.24) is 14.5 Å². The van der Waals surface area contributed by atoms with Crippen molar-refractivity contribution in [3.8, 4) is 5.75 Å². The fourth-order valence-corrected chi connectivity index (χ4v) is 3.30. The third kappa shape index (κ3) is 6.08. The third-order valence-electron chi connectivity index (χ3n) is 4.68. The number of alkyl halides is 3. The summed E-state index contributed by atoms with van der Waals surface area (Å²) in [5.41, 5.74) is 1.26. The lowest BCUT2D eigenvalue weighted by Crippen LogP contribution is -2.35. The van der Waals surface area contributed by atoms with Gasteiger partial charge in [-0.1, -0.05) is 36.4 Å². The van der Waals surface area contributed by atoms with Crippen molar-refractivity contribution in [2.75, 3.05) is 19.5 Å². The van der Waals surface area contributed by atoms with E-state index < -0.39 is 18.8 Å². The zero-order valence-corrected chi connectivity index (χ0v) is 17.1. The van der Waals surface area contributed by atoms with E-state index in [1.165, 1.54) is 19.5 Å². The lowest BCUT2D eigenvalue weighted by atomic mass is 10.0. The summed E-state index contributed by atoms with van der Waals surface area (Å²) >= 11 is 0. The average molecular weight is 432 g/mol. The van der Waals surface area contributed by atoms with Crippen LogP contribution in [-0.4, -0.2) is 40.7 Å². The van der Waals surface area contributed by atoms with Crippen LogP contribution in [0.1, 0.15) is 17.4 Å². The number of hydrogen-bond donors (Lipinski definition) is 1. The monoisotopic (exact) mass is 432 g/mol. The van der Waals surface area contributed by atoms with Crippen LogP contribution in [-0.2, 0) is 17.9 Å². The highest BCUT2D eigenvalue weighted by Crippen LogP contribution is 2.25. The smallest absolute Gasteiger partial charge is 0.406 e. The van der Waals surface area contributed by atoms with E-state index >= 15 is 0 Å². The number of halogens is 3. The topological polar surface area (TPSA) is 59.4 Å². The Morgan fingerprint density at radius 3 is 2.61 bits per heavy atom. The number of anilines is 1. The molecule has 6 nitrogen and oxygen atoms in total. The molecule has 0 fully saturated rings. The number of aromatic nitrogens is 2. The van der Waals surface area contributed by atoms with Crippen molar-refractivity contribution in [2.45, 2.75) is 25.3 Å². The molecule has 0 aliphatic heterocycles. The van der Waals surface area contributed by atoms with Crippen molar-refractivity contribution in [2.24, 2.45) is 0 Å². The van der Waals surface area contributed by atoms with Crippen molar-refractivity contribution in [1.29, 1.82) is 0 Å². The number of imidazole rings is 1. The lowest BCUT2D eigenvalue weighted by molar-refractivity contribution is -0.141. The van der Waals surface area contributed by atoms with E-state index in [2.05, 4.69) is 10.3 Å². The standard InChI is InChI=1S/C22H23F3N4O2/c1-28(14-19-26-11-12-29(19)15-22(23,24)25)20(16-7-4-3-5-8-16)21(30)27-17-9-6-10-18(13-17)31-2/h3-13,20H,14-15H2,1-2H3,(H,27,30). The fraction of sp³-hybridized carbons (Fsp3) is 0.273. The summed E-state index contributed by atoms with van der Waals surface area (Å²) < 4.78 is 44.8. The highest BCUT2D eigenvalue weighted by molar-refractivity contribution is 5.95. The first-order valence-corrected chi connectivity index (χ1v) is 9.53. The zero-order chi connectivity index (χ0) is 22.4. The van der Waals surface area contributed by atoms with Gasteiger partial charge in [0.25, 0.3) is 0 Å². The second-order valence-corrected chi connectivity index (χ2v) is 7.04. The van der Waals surface area contributed by atoms with Gasteiger partial charge in [0.2, 0.25) is 5.91 Å². The van der Waals surface area contributed by atoms with Gasteiger partial charge in [0.1, 0.15) is 24.2 Å². The molecule has 0 radical (unpaired) electrons. The Morgan fingerprint density at radius 2 is 1.94 bits per heavy atom. The molecular formula is C22H23F3N4O2. The summed E-state index contributed by atoms with van der Waals surface area (Å²) in [6, 6.07) is 15.2. The summed E-state index contributed by atoms with van der Waals surface area (Å²) in [4.78, 5) is 18.9. The molecule has 0 spiro atoms. The number of likely N-dealkylation sites (N-methyl/N-ethyl adjacent to an activating group) is 1. The first kappa shape index (κ1) is 22.4. The summed E-state index contributed by atoms with van der Waals surface area (Å²) in [5.74, 6) is 0.488. The predicted molar refractivity (Wildman–Crippen MR) is 111 cm³/mol. The van der Waals surface area contributed by atoms with E-state index in [4.69, 9.17) is 4.74 Å². The van der Waals surface area contributed by atoms with Gasteiger partial charge in [-0.15, -0.1) is 0 Å². The van der Waals surface area contributed by atoms with Crippen LogP contribution in [0, 0.1) is 0 Å². The Labute approximate surface area is 178 Å². The molecule has 9 heteroatoms. The van der Waals surface area contributed by atoms with Crippen LogP contribution in [0.15, 0.2) is 67.0 Å². The second-order valence-electron chi connectivity index (χ2n) is 7.04. The minimum atomic E-state index is -4.36. The maximum absolute atomic E-state index is 13.2. The molecule has 1 amide bonds. The van der Waals surface area contributed by atoms with Gasteiger partial charge in [-0.05, 0) is 24.7 Å². The Morgan fingerprint density at radius 1 is 1.19 bits per heavy atom. The molecule has 0 saturated heterocycles. The molecule has 0 bridgehead atoms. The highest BCUT2D eigenvalue weighted by atomic mass is 19.4. The molecule has 1 heterocycles. The molecule has 1 atom stereocenters. The Hall–Kier alpha value is -3.33. The van der Waals surface area contributed by atoms with Gasteiger partial charge in [-0.25, -0.2) is 4.98 Å². The number of nitrogens with zero attached hydrogens (tertiary/aromatic N) is 3. The van der Waals surface area contributed by atoms with Gasteiger partial charge in [0, 0.05) is 24.1 Å². The van der Waals surface area contributed by atoms with Crippen molar-refractivity contribution < 1.29 is 22.7 Å². The molecule has 1 aromatic heterocycles. The van der Waals surface area contributed by atoms with Crippen molar-refractivity contribution >= 4 is 11.6 Å². The highest BCUT2D eigenvalue weighted by Gasteiger charge is 2.30. The molecule has 1 N–H and O–H groups in total. The molecule has 2 aromatic carbocycles. The van der Waals surface area contributed by atoms with Gasteiger partial charge in [-0.2, -0.15) is 13.2 Å². The van der Waals surface area contributed by atoms with E-state index in [0.29, 0.717) is 17.0 Å². The fourth-order valence-electron chi connectivity index (χ4n) is 3.30. The van der Waals surface area contributed by atoms with Crippen molar-refractivity contribution in [3.05, 3.63) is 78.4 Å². The number of amides is 1. The number of hydrogen-bond acceptors (Lipinski definition) is 4. The van der Waals surface area contributed by atoms with Crippen LogP contribution < -0.4 is 10.1 Å². The lowest BCUT2D eigenvalue weighted by Gasteiger charge is -2.27. The van der Waals surface area contributed by atoms with Gasteiger partial charge in [0.05, 0.1) is 13.7 Å². The minimum Gasteiger partial charge on any atom is -0.497 e. The summed E-state index contributed by atoms with van der Waals surface area (Å²) in [6.45, 7) is -1.09. The van der Waals surface area contributed by atoms with Crippen LogP contribution in [0.3, 0.4) is 0 Å². The zero-order valence-electron chi connectivity index (χ0n) is 17.1. The quantitative estimate of drug-likeness (QED) is 0.578. The molecule has 1 unspecified atom stereocenters. The van der Waals surface area contributed by atoms with E-state index in [-0.39, 0.29) is 18.3 Å². The molecule has 164 valence electrons. The van der Waals surface area contributed by atoms with Gasteiger partial charge in [-0.3, -0.25) is 9.69 Å². The SMILES string of the molecule is COc1cccc(NC(=O)C(c2ccccc2)N(C)Cc2nccn2CC(F)(F)F)c1. The molecule has 0 saturated carbocycles. The molecule has 0 aliphatic rings. The number of rotatable bonds is 8. The van der Waals surface area contributed by atoms with Crippen LogP contribution in [0.4, 0.5) is 18.9 Å². The summed E-state index contributed by atoms with van der Waals surface area (Å²) in [5, 5.41) is 2.86. The Bertz CT molecular complexity index is 1010. The average Bonchev–Trinajstić information content (AvgIpc) is 3.13. The van der Waals surface area contributed by atoms with Gasteiger partial charge >= 0.3 is 6.18 Å². The second kappa shape index (κ2) is 9.65. The van der Waals surface area contributed by atoms with E-state index in [1.54, 1.807) is 60.5 Å². The number of carbonyl (C=O) groups excluding carboxylic acids is 1. The normalized spacial score (nSPS) is 12.6. The maximum atomic E-state index is 13.2. The van der Waals surface area contributed by atoms with Crippen LogP contribution in [0.2, 0.25) is 0 Å². The number of ether oxygens (including phenoxy) is 1. The first-order valence-electron chi connectivity index (χ1n) is 9.53. The van der Waals surface area contributed by atoms with Crippen molar-refractivity contribution in [3.63, 3.8) is 0 Å². The molecule has 3 aromatic rings. The summed E-state index contributed by atoms with van der Waals surface area (Å²) in [6.07, 6.45) is -1.76. The third-order valence-corrected chi connectivity index (χ3v) is 4.68. The van der Waals surface area contributed by atoms with E-state index in [9.17, 15) is 18.0 Å². The number of carbonyl (C=O) groups is 1. The maximum Gasteiger partial charge on any atom is 0.406 e. The number of methoxy groups -OCH3 is 1. The van der Waals surface area contributed by atoms with Crippen LogP contribution >= 0.6 is 0 Å². The molecule has 31 heavy (non-hydrogen) atoms. The van der Waals surface area contributed by atoms with E-state index in [0.717, 1.165) is 4.57 Å². The summed E-state index contributed by atoms with van der Waals surface area (Å²) in [7, 11) is 3.21. The molecule has 0 aliphatic carbocycles. The Kier molecular flexibility index (Phi) is 6.96. The largest absolute Gasteiger partial charge is 0.497 e. The van der Waals surface area contributed by atoms with E-state index in [1.807, 2.05) is 6.07 Å². The first-order chi connectivity index (χ1) is 14.8. The minimum absolute atomic E-state index is 0.0498. The molecular weight excluding hydrogens is 409 g/mol. The molecule has 3 rings (SSSR count). The van der Waals surface area contributed by atoms with Crippen LogP contribution in [0.5, 0.6) is 5.75 Å². The Balaban J connectivity index is 1.84. The van der Waals surface area contributed by atoms with Crippen LogP contribution in [0.25, 0.3) is 0 Å².